The zero-order valence-corrected chi connectivity index (χ0v) is 16.7. The quantitative estimate of drug-likeness (QED) is 0.604. The van der Waals surface area contributed by atoms with Gasteiger partial charge in [-0.1, -0.05) is 24.8 Å². The molecule has 2 heterocycles. The maximum absolute atomic E-state index is 12.8. The molecule has 1 aromatic heterocycles. The lowest BCUT2D eigenvalue weighted by molar-refractivity contribution is -0.116. The second-order valence-electron chi connectivity index (χ2n) is 6.10. The molecular formula is C19H23N3O4S. The highest BCUT2D eigenvalue weighted by Gasteiger charge is 2.32. The van der Waals surface area contributed by atoms with E-state index in [0.717, 1.165) is 11.3 Å². The number of fused-ring (bicyclic) bond motifs is 1. The fourth-order valence-electron chi connectivity index (χ4n) is 3.25. The number of benzene rings is 1. The van der Waals surface area contributed by atoms with Gasteiger partial charge in [0.2, 0.25) is 5.91 Å². The van der Waals surface area contributed by atoms with Crippen molar-refractivity contribution < 1.29 is 14.3 Å². The molecule has 0 spiro atoms. The summed E-state index contributed by atoms with van der Waals surface area (Å²) in [5, 5.41) is 3.43. The molecule has 8 heteroatoms. The molecule has 3 rings (SSSR count). The van der Waals surface area contributed by atoms with Crippen molar-refractivity contribution in [3.63, 3.8) is 0 Å². The van der Waals surface area contributed by atoms with Gasteiger partial charge in [0, 0.05) is 19.4 Å². The first-order valence-corrected chi connectivity index (χ1v) is 9.82. The van der Waals surface area contributed by atoms with Gasteiger partial charge in [-0.3, -0.25) is 9.59 Å². The topological polar surface area (TPSA) is 82.5 Å². The third-order valence-electron chi connectivity index (χ3n) is 4.46. The third kappa shape index (κ3) is 3.66. The predicted octanol–water partition coefficient (Wildman–Crippen LogP) is 2.77. The molecule has 0 fully saturated rings. The SMILES string of the molecule is CCOc1ccc([C@@H]2CC(=O)Nc3c2c(=O)nc(SCC)n3C)cc1OC. The van der Waals surface area contributed by atoms with Crippen molar-refractivity contribution in [3.8, 4) is 11.5 Å². The maximum atomic E-state index is 12.8. The Bertz CT molecular complexity index is 926. The summed E-state index contributed by atoms with van der Waals surface area (Å²) in [4.78, 5) is 29.4. The average molecular weight is 389 g/mol. The summed E-state index contributed by atoms with van der Waals surface area (Å²) in [5.41, 5.74) is 1.02. The number of amides is 1. The van der Waals surface area contributed by atoms with Gasteiger partial charge in [-0.2, -0.15) is 4.98 Å². The van der Waals surface area contributed by atoms with Crippen LogP contribution in [0.2, 0.25) is 0 Å². The van der Waals surface area contributed by atoms with Gasteiger partial charge < -0.3 is 19.4 Å². The largest absolute Gasteiger partial charge is 0.493 e. The molecule has 1 amide bonds. The van der Waals surface area contributed by atoms with E-state index in [0.29, 0.717) is 34.6 Å². The Morgan fingerprint density at radius 1 is 1.30 bits per heavy atom. The molecule has 0 aliphatic carbocycles. The van der Waals surface area contributed by atoms with E-state index in [1.54, 1.807) is 11.7 Å². The second-order valence-corrected chi connectivity index (χ2v) is 7.33. The highest BCUT2D eigenvalue weighted by atomic mass is 32.2. The van der Waals surface area contributed by atoms with Gasteiger partial charge in [-0.05, 0) is 30.4 Å². The van der Waals surface area contributed by atoms with Crippen LogP contribution in [0.15, 0.2) is 28.2 Å². The van der Waals surface area contributed by atoms with E-state index in [1.165, 1.54) is 11.8 Å². The van der Waals surface area contributed by atoms with Crippen LogP contribution in [0.25, 0.3) is 0 Å². The Labute approximate surface area is 162 Å². The number of nitrogens with zero attached hydrogens (tertiary/aromatic N) is 2. The molecule has 0 radical (unpaired) electrons. The molecule has 2 aromatic rings. The van der Waals surface area contributed by atoms with Gasteiger partial charge in [-0.15, -0.1) is 0 Å². The van der Waals surface area contributed by atoms with Crippen molar-refractivity contribution in [3.05, 3.63) is 39.7 Å². The maximum Gasteiger partial charge on any atom is 0.279 e. The number of methoxy groups -OCH3 is 1. The first kappa shape index (κ1) is 19.3. The Morgan fingerprint density at radius 3 is 2.74 bits per heavy atom. The molecule has 1 aliphatic heterocycles. The number of carbonyl (C=O) groups excluding carboxylic acids is 1. The summed E-state index contributed by atoms with van der Waals surface area (Å²) in [7, 11) is 3.38. The number of thioether (sulfide) groups is 1. The average Bonchev–Trinajstić information content (AvgIpc) is 2.66. The molecular weight excluding hydrogens is 366 g/mol. The molecule has 0 saturated carbocycles. The Balaban J connectivity index is 2.13. The van der Waals surface area contributed by atoms with Gasteiger partial charge in [-0.25, -0.2) is 0 Å². The highest BCUT2D eigenvalue weighted by molar-refractivity contribution is 7.99. The van der Waals surface area contributed by atoms with Crippen molar-refractivity contribution in [2.75, 3.05) is 24.8 Å². The van der Waals surface area contributed by atoms with Crippen LogP contribution in [0.1, 0.15) is 37.3 Å². The summed E-state index contributed by atoms with van der Waals surface area (Å²) in [6.07, 6.45) is 0.182. The number of rotatable bonds is 6. The molecule has 1 atom stereocenters. The number of carbonyl (C=O) groups is 1. The molecule has 0 saturated heterocycles. The van der Waals surface area contributed by atoms with Gasteiger partial charge >= 0.3 is 0 Å². The van der Waals surface area contributed by atoms with Crippen LogP contribution in [0.3, 0.4) is 0 Å². The minimum Gasteiger partial charge on any atom is -0.493 e. The summed E-state index contributed by atoms with van der Waals surface area (Å²) >= 11 is 1.46. The van der Waals surface area contributed by atoms with E-state index >= 15 is 0 Å². The lowest BCUT2D eigenvalue weighted by atomic mass is 9.86. The Kier molecular flexibility index (Phi) is 5.74. The van der Waals surface area contributed by atoms with Gasteiger partial charge in [0.1, 0.15) is 5.82 Å². The number of nitrogens with one attached hydrogen (secondary N) is 1. The van der Waals surface area contributed by atoms with E-state index < -0.39 is 0 Å². The molecule has 0 bridgehead atoms. The highest BCUT2D eigenvalue weighted by Crippen LogP contribution is 2.39. The number of hydrogen-bond donors (Lipinski definition) is 1. The van der Waals surface area contributed by atoms with Gasteiger partial charge in [0.05, 0.1) is 19.3 Å². The zero-order valence-electron chi connectivity index (χ0n) is 15.9. The first-order chi connectivity index (χ1) is 13.0. The molecule has 1 N–H and O–H groups in total. The molecule has 7 nitrogen and oxygen atoms in total. The Morgan fingerprint density at radius 2 is 2.07 bits per heavy atom. The number of aromatic nitrogens is 2. The second kappa shape index (κ2) is 8.04. The number of hydrogen-bond acceptors (Lipinski definition) is 6. The lowest BCUT2D eigenvalue weighted by Crippen LogP contribution is -2.33. The van der Waals surface area contributed by atoms with Crippen LogP contribution in [0.5, 0.6) is 11.5 Å². The standard InChI is InChI=1S/C19H23N3O4S/c1-5-26-13-8-7-11(9-14(13)25-4)12-10-15(23)20-17-16(12)18(24)21-19(22(17)3)27-6-2/h7-9,12H,5-6,10H2,1-4H3,(H,20,23)/t12-/m0/s1. The van der Waals surface area contributed by atoms with Gasteiger partial charge in [0.25, 0.3) is 5.56 Å². The minimum absolute atomic E-state index is 0.131. The van der Waals surface area contributed by atoms with E-state index in [-0.39, 0.29) is 23.8 Å². The van der Waals surface area contributed by atoms with E-state index in [2.05, 4.69) is 10.3 Å². The fraction of sp³-hybridized carbons (Fsp3) is 0.421. The van der Waals surface area contributed by atoms with Crippen LogP contribution in [0, 0.1) is 0 Å². The van der Waals surface area contributed by atoms with Crippen molar-refractivity contribution in [1.29, 1.82) is 0 Å². The van der Waals surface area contributed by atoms with Crippen LogP contribution in [-0.2, 0) is 11.8 Å². The molecule has 1 aliphatic rings. The van der Waals surface area contributed by atoms with Crippen LogP contribution < -0.4 is 20.3 Å². The fourth-order valence-corrected chi connectivity index (χ4v) is 3.94. The molecule has 27 heavy (non-hydrogen) atoms. The van der Waals surface area contributed by atoms with E-state index in [1.807, 2.05) is 39.1 Å². The van der Waals surface area contributed by atoms with Crippen molar-refractivity contribution in [1.82, 2.24) is 9.55 Å². The lowest BCUT2D eigenvalue weighted by Gasteiger charge is -2.27. The van der Waals surface area contributed by atoms with Crippen molar-refractivity contribution in [2.45, 2.75) is 31.3 Å². The van der Waals surface area contributed by atoms with Crippen molar-refractivity contribution >= 4 is 23.5 Å². The zero-order chi connectivity index (χ0) is 19.6. The monoisotopic (exact) mass is 389 g/mol. The normalized spacial score (nSPS) is 15.9. The molecule has 0 unspecified atom stereocenters. The third-order valence-corrected chi connectivity index (χ3v) is 5.38. The Hall–Kier alpha value is -2.48. The molecule has 144 valence electrons. The van der Waals surface area contributed by atoms with Crippen molar-refractivity contribution in [2.24, 2.45) is 7.05 Å². The van der Waals surface area contributed by atoms with E-state index in [9.17, 15) is 9.59 Å². The summed E-state index contributed by atoms with van der Waals surface area (Å²) < 4.78 is 12.8. The summed E-state index contributed by atoms with van der Waals surface area (Å²) in [6, 6.07) is 5.50. The number of anilines is 1. The summed E-state index contributed by atoms with van der Waals surface area (Å²) in [5.74, 6) is 1.99. The molecule has 1 aromatic carbocycles. The van der Waals surface area contributed by atoms with Crippen LogP contribution in [-0.4, -0.2) is 34.9 Å². The summed E-state index contributed by atoms with van der Waals surface area (Å²) in [6.45, 7) is 4.41. The predicted molar refractivity (Wildman–Crippen MR) is 105 cm³/mol. The first-order valence-electron chi connectivity index (χ1n) is 8.84. The minimum atomic E-state index is -0.384. The smallest absolute Gasteiger partial charge is 0.279 e. The number of ether oxygens (including phenoxy) is 2. The van der Waals surface area contributed by atoms with Crippen LogP contribution in [0.4, 0.5) is 5.82 Å². The van der Waals surface area contributed by atoms with Gasteiger partial charge in [0.15, 0.2) is 16.7 Å². The van der Waals surface area contributed by atoms with Crippen LogP contribution >= 0.6 is 11.8 Å². The van der Waals surface area contributed by atoms with E-state index in [4.69, 9.17) is 9.47 Å².